The number of para-hydroxylation sites is 1. The number of likely N-dealkylation sites (tertiary alicyclic amines) is 1. The van der Waals surface area contributed by atoms with Crippen LogP contribution in [0, 0.1) is 11.3 Å². The summed E-state index contributed by atoms with van der Waals surface area (Å²) >= 11 is 0. The molecule has 3 aromatic rings. The molecule has 6 rings (SSSR count). The first-order valence-electron chi connectivity index (χ1n) is 16.7. The molecule has 3 amide bonds. The van der Waals surface area contributed by atoms with Gasteiger partial charge in [-0.25, -0.2) is 13.2 Å². The number of nitriles is 1. The summed E-state index contributed by atoms with van der Waals surface area (Å²) in [6.45, 7) is 6.28. The molecule has 13 nitrogen and oxygen atoms in total. The maximum Gasteiger partial charge on any atom is 0.318 e. The highest BCUT2D eigenvalue weighted by Crippen LogP contribution is 2.50. The molecule has 3 heterocycles. The smallest absolute Gasteiger partial charge is 0.318 e. The number of hydrogen-bond donors (Lipinski definition) is 1. The van der Waals surface area contributed by atoms with Crippen LogP contribution in [-0.4, -0.2) is 108 Å². The lowest BCUT2D eigenvalue weighted by molar-refractivity contribution is -0.121. The second-order valence-electron chi connectivity index (χ2n) is 12.6. The van der Waals surface area contributed by atoms with Crippen LogP contribution in [0.5, 0.6) is 17.2 Å². The Balaban J connectivity index is 1.45. The van der Waals surface area contributed by atoms with E-state index in [1.807, 2.05) is 0 Å². The fourth-order valence-electron chi connectivity index (χ4n) is 7.18. The van der Waals surface area contributed by atoms with E-state index in [4.69, 9.17) is 14.2 Å². The fourth-order valence-corrected chi connectivity index (χ4v) is 8.79. The third kappa shape index (κ3) is 6.10. The topological polar surface area (TPSA) is 145 Å². The Morgan fingerprint density at radius 2 is 1.66 bits per heavy atom. The van der Waals surface area contributed by atoms with Gasteiger partial charge in [-0.1, -0.05) is 18.2 Å². The molecule has 264 valence electrons. The molecule has 1 N–H and O–H groups in total. The minimum atomic E-state index is -4.67. The number of piperidine rings is 1. The van der Waals surface area contributed by atoms with Crippen LogP contribution in [0.1, 0.15) is 36.5 Å². The van der Waals surface area contributed by atoms with Crippen LogP contribution < -0.4 is 23.8 Å². The van der Waals surface area contributed by atoms with Crippen molar-refractivity contribution in [1.82, 2.24) is 20.0 Å². The number of urea groups is 1. The molecule has 0 aromatic heterocycles. The average Bonchev–Trinajstić information content (AvgIpc) is 3.39. The van der Waals surface area contributed by atoms with Crippen molar-refractivity contribution >= 4 is 27.6 Å². The zero-order valence-electron chi connectivity index (χ0n) is 28.7. The number of hydrogen-bond acceptors (Lipinski definition) is 10. The highest BCUT2D eigenvalue weighted by molar-refractivity contribution is 7.93. The van der Waals surface area contributed by atoms with Crippen LogP contribution in [-0.2, 0) is 20.4 Å². The molecule has 2 fully saturated rings. The predicted molar refractivity (Wildman–Crippen MR) is 186 cm³/mol. The average molecular weight is 703 g/mol. The number of amides is 3. The quantitative estimate of drug-likeness (QED) is 0.353. The second kappa shape index (κ2) is 14.2. The maximum absolute atomic E-state index is 15.2. The highest BCUT2D eigenvalue weighted by atomic mass is 32.2. The van der Waals surface area contributed by atoms with Gasteiger partial charge in [-0.3, -0.25) is 9.69 Å². The molecule has 3 aromatic carbocycles. The van der Waals surface area contributed by atoms with E-state index in [0.29, 0.717) is 42.3 Å². The first-order chi connectivity index (χ1) is 24.1. The molecular formula is C36H42N6O7S. The van der Waals surface area contributed by atoms with Gasteiger partial charge in [-0.05, 0) is 76.3 Å². The summed E-state index contributed by atoms with van der Waals surface area (Å²) in [7, 11) is 0.216. The molecule has 2 saturated heterocycles. The first-order valence-corrected chi connectivity index (χ1v) is 18.1. The Bertz CT molecular complexity index is 1920. The Morgan fingerprint density at radius 1 is 0.940 bits per heavy atom. The molecule has 0 spiro atoms. The van der Waals surface area contributed by atoms with Gasteiger partial charge in [-0.15, -0.1) is 0 Å². The summed E-state index contributed by atoms with van der Waals surface area (Å²) in [6, 6.07) is 17.2. The summed E-state index contributed by atoms with van der Waals surface area (Å²) in [5, 5.41) is 12.9. The Labute approximate surface area is 293 Å². The number of benzene rings is 3. The molecule has 0 aliphatic carbocycles. The number of carbonyl (C=O) groups excluding carboxylic acids is 2. The molecular weight excluding hydrogens is 660 g/mol. The summed E-state index contributed by atoms with van der Waals surface area (Å²) in [6.07, 6.45) is 2.13. The van der Waals surface area contributed by atoms with Crippen molar-refractivity contribution in [1.29, 1.82) is 5.26 Å². The van der Waals surface area contributed by atoms with Crippen molar-refractivity contribution in [2.24, 2.45) is 0 Å². The van der Waals surface area contributed by atoms with E-state index in [0.717, 1.165) is 25.9 Å². The number of piperazine rings is 1. The molecule has 3 aliphatic heterocycles. The van der Waals surface area contributed by atoms with Gasteiger partial charge in [-0.2, -0.15) is 9.57 Å². The summed E-state index contributed by atoms with van der Waals surface area (Å²) in [5.74, 6) is -0.349. The van der Waals surface area contributed by atoms with Gasteiger partial charge in [0.2, 0.25) is 0 Å². The van der Waals surface area contributed by atoms with Crippen LogP contribution in [0.15, 0.2) is 65.6 Å². The summed E-state index contributed by atoms with van der Waals surface area (Å²) < 4.78 is 46.6. The Morgan fingerprint density at radius 3 is 2.32 bits per heavy atom. The van der Waals surface area contributed by atoms with Gasteiger partial charge in [0.1, 0.15) is 22.1 Å². The highest BCUT2D eigenvalue weighted by Gasteiger charge is 2.59. The number of nitrogens with one attached hydrogen (secondary N) is 1. The normalized spacial score (nSPS) is 20.3. The van der Waals surface area contributed by atoms with E-state index < -0.39 is 27.5 Å². The van der Waals surface area contributed by atoms with Gasteiger partial charge in [0, 0.05) is 49.4 Å². The first kappa shape index (κ1) is 35.0. The number of carbonyl (C=O) groups is 2. The largest absolute Gasteiger partial charge is 0.497 e. The lowest BCUT2D eigenvalue weighted by Crippen LogP contribution is -2.61. The zero-order valence-corrected chi connectivity index (χ0v) is 29.5. The monoisotopic (exact) mass is 702 g/mol. The van der Waals surface area contributed by atoms with E-state index in [9.17, 15) is 18.5 Å². The van der Waals surface area contributed by atoms with Gasteiger partial charge in [0.25, 0.3) is 15.9 Å². The van der Waals surface area contributed by atoms with E-state index >= 15 is 4.79 Å². The lowest BCUT2D eigenvalue weighted by atomic mass is 9.82. The predicted octanol–water partition coefficient (Wildman–Crippen LogP) is 3.37. The van der Waals surface area contributed by atoms with Gasteiger partial charge in [0.05, 0.1) is 38.1 Å². The third-order valence-electron chi connectivity index (χ3n) is 9.83. The number of sulfonamides is 1. The number of anilines is 1. The maximum atomic E-state index is 15.2. The number of ether oxygens (including phenoxy) is 3. The van der Waals surface area contributed by atoms with Gasteiger partial charge < -0.3 is 29.3 Å². The second-order valence-corrected chi connectivity index (χ2v) is 14.4. The van der Waals surface area contributed by atoms with Crippen molar-refractivity contribution in [2.45, 2.75) is 36.2 Å². The lowest BCUT2D eigenvalue weighted by Gasteiger charge is -2.43. The van der Waals surface area contributed by atoms with Gasteiger partial charge in [0.15, 0.2) is 5.54 Å². The fraction of sp³-hybridized carbons (Fsp3) is 0.417. The van der Waals surface area contributed by atoms with Crippen molar-refractivity contribution in [2.75, 3.05) is 71.4 Å². The summed E-state index contributed by atoms with van der Waals surface area (Å²) in [5.41, 5.74) is -1.55. The van der Waals surface area contributed by atoms with Crippen molar-refractivity contribution in [3.8, 4) is 23.3 Å². The SMILES string of the molecule is CCOc1ccccc1C1(NC(=O)N2CCN(C3CCN(C)CC3)CC2)C(=O)N(S(=O)(=O)c2ccc(OC)cc2OC)c2ccc(C#N)cc21. The molecule has 0 saturated carbocycles. The number of rotatable bonds is 9. The number of fused-ring (bicyclic) bond motifs is 1. The van der Waals surface area contributed by atoms with E-state index in [1.54, 1.807) is 36.1 Å². The molecule has 50 heavy (non-hydrogen) atoms. The molecule has 0 radical (unpaired) electrons. The van der Waals surface area contributed by atoms with Crippen LogP contribution >= 0.6 is 0 Å². The van der Waals surface area contributed by atoms with Crippen molar-refractivity contribution in [3.63, 3.8) is 0 Å². The molecule has 14 heteroatoms. The van der Waals surface area contributed by atoms with Gasteiger partial charge >= 0.3 is 6.03 Å². The Hall–Kier alpha value is -4.84. The summed E-state index contributed by atoms with van der Waals surface area (Å²) in [4.78, 5) is 35.7. The molecule has 0 bridgehead atoms. The minimum Gasteiger partial charge on any atom is -0.497 e. The van der Waals surface area contributed by atoms with Crippen LogP contribution in [0.2, 0.25) is 0 Å². The van der Waals surface area contributed by atoms with Crippen LogP contribution in [0.3, 0.4) is 0 Å². The third-order valence-corrected chi connectivity index (χ3v) is 11.6. The van der Waals surface area contributed by atoms with E-state index in [1.165, 1.54) is 50.6 Å². The minimum absolute atomic E-state index is 0.00874. The molecule has 1 atom stereocenters. The standard InChI is InChI=1S/C36H42N6O7S/c1-5-49-31-9-7-6-8-28(31)36(38-35(44)41-20-18-40(19-21-41)26-14-16-39(2)17-15-26)29-22-25(24-37)10-12-30(29)42(34(36)43)50(45,46)33-13-11-27(47-3)23-32(33)48-4/h6-13,22-23,26H,5,14-21H2,1-4H3,(H,38,44). The molecule has 1 unspecified atom stereocenters. The number of methoxy groups -OCH3 is 2. The van der Waals surface area contributed by atoms with Crippen LogP contribution in [0.4, 0.5) is 10.5 Å². The van der Waals surface area contributed by atoms with Crippen molar-refractivity contribution in [3.05, 3.63) is 77.4 Å². The number of nitrogens with zero attached hydrogens (tertiary/aromatic N) is 5. The van der Waals surface area contributed by atoms with E-state index in [-0.39, 0.29) is 45.4 Å². The Kier molecular flexibility index (Phi) is 9.93. The van der Waals surface area contributed by atoms with E-state index in [2.05, 4.69) is 28.2 Å². The van der Waals surface area contributed by atoms with Crippen molar-refractivity contribution < 1.29 is 32.2 Å². The van der Waals surface area contributed by atoms with Crippen LogP contribution in [0.25, 0.3) is 0 Å². The molecule has 3 aliphatic rings. The zero-order chi connectivity index (χ0) is 35.6.